The summed E-state index contributed by atoms with van der Waals surface area (Å²) in [6.45, 7) is 1.59. The maximum atomic E-state index is 11.0. The van der Waals surface area contributed by atoms with Gasteiger partial charge in [0.2, 0.25) is 0 Å². The minimum atomic E-state index is 0.246. The molecule has 3 nitrogen and oxygen atoms in total. The number of hydrogen-bond donors (Lipinski definition) is 1. The van der Waals surface area contributed by atoms with Crippen molar-refractivity contribution in [2.24, 2.45) is 0 Å². The van der Waals surface area contributed by atoms with Crippen molar-refractivity contribution in [2.45, 2.75) is 51.0 Å². The summed E-state index contributed by atoms with van der Waals surface area (Å²) in [4.78, 5) is 11.0. The smallest absolute Gasteiger partial charge is 0.157 e. The van der Waals surface area contributed by atoms with Crippen molar-refractivity contribution in [3.63, 3.8) is 0 Å². The van der Waals surface area contributed by atoms with Gasteiger partial charge < -0.3 is 10.1 Å². The fourth-order valence-corrected chi connectivity index (χ4v) is 2.40. The number of allylic oxidation sites excluding steroid dienone is 2. The van der Waals surface area contributed by atoms with Gasteiger partial charge in [0.25, 0.3) is 0 Å². The largest absolute Gasteiger partial charge is 0.386 e. The molecule has 0 amide bonds. The topological polar surface area (TPSA) is 38.3 Å². The van der Waals surface area contributed by atoms with E-state index in [0.29, 0.717) is 12.5 Å². The van der Waals surface area contributed by atoms with Crippen molar-refractivity contribution in [1.29, 1.82) is 0 Å². The molecule has 1 saturated carbocycles. The van der Waals surface area contributed by atoms with Gasteiger partial charge in [0.15, 0.2) is 5.78 Å². The predicted octanol–water partition coefficient (Wildman–Crippen LogP) is 2.17. The molecule has 0 bridgehead atoms. The second-order valence-corrected chi connectivity index (χ2v) is 4.69. The molecule has 90 valence electrons. The van der Waals surface area contributed by atoms with Crippen LogP contribution in [-0.2, 0) is 9.53 Å². The van der Waals surface area contributed by atoms with Gasteiger partial charge in [-0.2, -0.15) is 0 Å². The van der Waals surface area contributed by atoms with Crippen LogP contribution in [-0.4, -0.2) is 25.0 Å². The van der Waals surface area contributed by atoms with Crippen LogP contribution in [0.5, 0.6) is 0 Å². The first-order valence-electron chi connectivity index (χ1n) is 6.43. The van der Waals surface area contributed by atoms with Gasteiger partial charge in [-0.15, -0.1) is 0 Å². The van der Waals surface area contributed by atoms with E-state index in [-0.39, 0.29) is 5.78 Å². The maximum absolute atomic E-state index is 11.0. The monoisotopic (exact) mass is 223 g/mol. The van der Waals surface area contributed by atoms with E-state index < -0.39 is 0 Å². The molecular weight excluding hydrogens is 202 g/mol. The van der Waals surface area contributed by atoms with Crippen molar-refractivity contribution in [3.05, 3.63) is 11.8 Å². The normalized spacial score (nSPS) is 22.2. The molecule has 16 heavy (non-hydrogen) atoms. The minimum absolute atomic E-state index is 0.246. The molecule has 2 aliphatic rings. The molecule has 1 N–H and O–H groups in total. The number of rotatable bonds is 5. The number of carbonyl (C=O) groups is 1. The summed E-state index contributed by atoms with van der Waals surface area (Å²) in [5.74, 6) is 0.246. The summed E-state index contributed by atoms with van der Waals surface area (Å²) in [6.07, 6.45) is 10.2. The Labute approximate surface area is 97.2 Å². The third-order valence-corrected chi connectivity index (χ3v) is 3.34. The van der Waals surface area contributed by atoms with Gasteiger partial charge >= 0.3 is 0 Å². The van der Waals surface area contributed by atoms with Crippen LogP contribution in [0, 0.1) is 0 Å². The average Bonchev–Trinajstić information content (AvgIpc) is 2.72. The number of nitrogens with one attached hydrogen (secondary N) is 1. The quantitative estimate of drug-likeness (QED) is 0.726. The second kappa shape index (κ2) is 6.04. The SMILES string of the molecule is O=C1C=C(NCCOC2CCCCC2)CC1. The zero-order valence-electron chi connectivity index (χ0n) is 9.84. The lowest BCUT2D eigenvalue weighted by Gasteiger charge is -2.22. The molecule has 0 saturated heterocycles. The molecule has 0 heterocycles. The Morgan fingerprint density at radius 1 is 1.25 bits per heavy atom. The zero-order valence-corrected chi connectivity index (χ0v) is 9.84. The Kier molecular flexibility index (Phi) is 4.40. The first kappa shape index (κ1) is 11.6. The lowest BCUT2D eigenvalue weighted by atomic mass is 9.98. The van der Waals surface area contributed by atoms with Crippen LogP contribution in [0.1, 0.15) is 44.9 Å². The highest BCUT2D eigenvalue weighted by molar-refractivity contribution is 5.92. The fourth-order valence-electron chi connectivity index (χ4n) is 2.40. The Morgan fingerprint density at radius 3 is 2.75 bits per heavy atom. The predicted molar refractivity (Wildman–Crippen MR) is 63.2 cm³/mol. The third-order valence-electron chi connectivity index (χ3n) is 3.34. The van der Waals surface area contributed by atoms with Crippen LogP contribution < -0.4 is 5.32 Å². The zero-order chi connectivity index (χ0) is 11.2. The summed E-state index contributed by atoms with van der Waals surface area (Å²) in [7, 11) is 0. The van der Waals surface area contributed by atoms with E-state index in [4.69, 9.17) is 4.74 Å². The Morgan fingerprint density at radius 2 is 2.06 bits per heavy atom. The van der Waals surface area contributed by atoms with Gasteiger partial charge in [0, 0.05) is 24.7 Å². The first-order valence-corrected chi connectivity index (χ1v) is 6.43. The molecule has 0 aromatic rings. The van der Waals surface area contributed by atoms with E-state index in [2.05, 4.69) is 5.32 Å². The molecule has 0 aromatic heterocycles. The van der Waals surface area contributed by atoms with Gasteiger partial charge in [-0.25, -0.2) is 0 Å². The van der Waals surface area contributed by atoms with Crippen LogP contribution in [0.2, 0.25) is 0 Å². The molecule has 2 rings (SSSR count). The van der Waals surface area contributed by atoms with Crippen LogP contribution in [0.25, 0.3) is 0 Å². The van der Waals surface area contributed by atoms with Crippen molar-refractivity contribution in [3.8, 4) is 0 Å². The number of carbonyl (C=O) groups excluding carboxylic acids is 1. The van der Waals surface area contributed by atoms with Crippen LogP contribution in [0.4, 0.5) is 0 Å². The summed E-state index contributed by atoms with van der Waals surface area (Å²) in [5.41, 5.74) is 1.08. The van der Waals surface area contributed by atoms with Crippen molar-refractivity contribution < 1.29 is 9.53 Å². The number of ketones is 1. The van der Waals surface area contributed by atoms with Gasteiger partial charge in [-0.1, -0.05) is 19.3 Å². The average molecular weight is 223 g/mol. The number of hydrogen-bond acceptors (Lipinski definition) is 3. The van der Waals surface area contributed by atoms with E-state index in [1.165, 1.54) is 32.1 Å². The van der Waals surface area contributed by atoms with Crippen molar-refractivity contribution in [1.82, 2.24) is 5.32 Å². The van der Waals surface area contributed by atoms with Gasteiger partial charge in [-0.3, -0.25) is 4.79 Å². The van der Waals surface area contributed by atoms with Gasteiger partial charge in [-0.05, 0) is 19.3 Å². The third kappa shape index (κ3) is 3.63. The highest BCUT2D eigenvalue weighted by Gasteiger charge is 2.14. The van der Waals surface area contributed by atoms with Gasteiger partial charge in [0.05, 0.1) is 12.7 Å². The standard InChI is InChI=1S/C13H21NO2/c15-12-7-6-11(10-12)14-8-9-16-13-4-2-1-3-5-13/h10,13-14H,1-9H2. The Hall–Kier alpha value is -0.830. The molecule has 0 aromatic carbocycles. The maximum Gasteiger partial charge on any atom is 0.157 e. The lowest BCUT2D eigenvalue weighted by Crippen LogP contribution is -2.23. The lowest BCUT2D eigenvalue weighted by molar-refractivity contribution is -0.114. The van der Waals surface area contributed by atoms with E-state index in [9.17, 15) is 4.79 Å². The van der Waals surface area contributed by atoms with Crippen LogP contribution >= 0.6 is 0 Å². The summed E-state index contributed by atoms with van der Waals surface area (Å²) >= 11 is 0. The fraction of sp³-hybridized carbons (Fsp3) is 0.769. The molecule has 0 radical (unpaired) electrons. The molecule has 2 aliphatic carbocycles. The molecule has 0 unspecified atom stereocenters. The molecule has 3 heteroatoms. The molecule has 0 atom stereocenters. The van der Waals surface area contributed by atoms with Crippen molar-refractivity contribution >= 4 is 5.78 Å². The van der Waals surface area contributed by atoms with E-state index in [1.807, 2.05) is 0 Å². The van der Waals surface area contributed by atoms with Crippen LogP contribution in [0.3, 0.4) is 0 Å². The minimum Gasteiger partial charge on any atom is -0.386 e. The first-order chi connectivity index (χ1) is 7.84. The number of ether oxygens (including phenoxy) is 1. The van der Waals surface area contributed by atoms with E-state index in [0.717, 1.165) is 25.3 Å². The summed E-state index contributed by atoms with van der Waals surface area (Å²) in [6, 6.07) is 0. The van der Waals surface area contributed by atoms with E-state index in [1.54, 1.807) is 6.08 Å². The molecule has 1 fully saturated rings. The highest BCUT2D eigenvalue weighted by Crippen LogP contribution is 2.20. The summed E-state index contributed by atoms with van der Waals surface area (Å²) in [5, 5.41) is 3.27. The molecule has 0 aliphatic heterocycles. The van der Waals surface area contributed by atoms with Crippen molar-refractivity contribution in [2.75, 3.05) is 13.2 Å². The van der Waals surface area contributed by atoms with Gasteiger partial charge in [0.1, 0.15) is 0 Å². The Balaban J connectivity index is 1.54. The van der Waals surface area contributed by atoms with E-state index >= 15 is 0 Å². The Bertz CT molecular complexity index is 267. The molecule has 0 spiro atoms. The second-order valence-electron chi connectivity index (χ2n) is 4.69. The summed E-state index contributed by atoms with van der Waals surface area (Å²) < 4.78 is 5.79. The van der Waals surface area contributed by atoms with Crippen LogP contribution in [0.15, 0.2) is 11.8 Å². The molecular formula is C13H21NO2. The highest BCUT2D eigenvalue weighted by atomic mass is 16.5.